The number of thioether (sulfide) groups is 1. The van der Waals surface area contributed by atoms with Crippen molar-refractivity contribution in [2.45, 2.75) is 24.1 Å². The number of fused-ring (bicyclic) bond motifs is 2. The Bertz CT molecular complexity index is 1080. The first-order chi connectivity index (χ1) is 15.3. The number of aryl methyl sites for hydroxylation is 1. The van der Waals surface area contributed by atoms with Crippen molar-refractivity contribution in [2.75, 3.05) is 20.7 Å². The van der Waals surface area contributed by atoms with E-state index >= 15 is 0 Å². The molecule has 0 unspecified atom stereocenters. The van der Waals surface area contributed by atoms with Crippen LogP contribution in [-0.4, -0.2) is 41.8 Å². The summed E-state index contributed by atoms with van der Waals surface area (Å²) in [7, 11) is 2.75. The van der Waals surface area contributed by atoms with E-state index in [0.717, 1.165) is 40.6 Å². The number of hydrogen-bond donors (Lipinski definition) is 1. The fourth-order valence-corrected chi connectivity index (χ4v) is 5.95. The lowest BCUT2D eigenvalue weighted by molar-refractivity contribution is -0.0832. The highest BCUT2D eigenvalue weighted by Gasteiger charge is 2.56. The van der Waals surface area contributed by atoms with Gasteiger partial charge in [0, 0.05) is 12.6 Å². The molecule has 10 heteroatoms. The fourth-order valence-electron chi connectivity index (χ4n) is 4.35. The smallest absolute Gasteiger partial charge is 0.330 e. The van der Waals surface area contributed by atoms with Gasteiger partial charge in [-0.2, -0.15) is 10.1 Å². The Labute approximate surface area is 188 Å². The van der Waals surface area contributed by atoms with Gasteiger partial charge in [0.2, 0.25) is 0 Å². The van der Waals surface area contributed by atoms with Gasteiger partial charge >= 0.3 is 6.03 Å². The molecular formula is C22H23F3N4O2S. The summed E-state index contributed by atoms with van der Waals surface area (Å²) >= 11 is 1.12. The van der Waals surface area contributed by atoms with Crippen LogP contribution < -0.4 is 5.73 Å². The number of nitrogens with zero attached hydrogens (tertiary/aromatic N) is 3. The largest absolute Gasteiger partial charge is 0.365 e. The van der Waals surface area contributed by atoms with Crippen LogP contribution in [0.1, 0.15) is 29.5 Å². The molecule has 2 aromatic rings. The minimum Gasteiger partial charge on any atom is -0.330 e. The van der Waals surface area contributed by atoms with Crippen molar-refractivity contribution in [2.24, 2.45) is 16.8 Å². The van der Waals surface area contributed by atoms with Crippen LogP contribution in [0.3, 0.4) is 0 Å². The van der Waals surface area contributed by atoms with Crippen LogP contribution in [-0.2, 0) is 16.1 Å². The first-order valence-electron chi connectivity index (χ1n) is 10.2. The number of hydrazone groups is 1. The van der Waals surface area contributed by atoms with Gasteiger partial charge in [-0.1, -0.05) is 17.8 Å². The molecule has 2 amide bonds. The molecule has 2 aromatic carbocycles. The summed E-state index contributed by atoms with van der Waals surface area (Å²) in [4.78, 5) is 17.2. The van der Waals surface area contributed by atoms with Crippen molar-refractivity contribution in [1.29, 1.82) is 0 Å². The highest BCUT2D eigenvalue weighted by atomic mass is 32.2. The normalized spacial score (nSPS) is 22.1. The number of halogens is 3. The van der Waals surface area contributed by atoms with E-state index in [4.69, 9.17) is 10.6 Å². The van der Waals surface area contributed by atoms with Gasteiger partial charge in [0.05, 0.1) is 7.11 Å². The molecule has 4 rings (SSSR count). The molecule has 6 nitrogen and oxygen atoms in total. The average molecular weight is 465 g/mol. The Hall–Kier alpha value is -2.56. The molecule has 0 saturated carbocycles. The lowest BCUT2D eigenvalue weighted by Gasteiger charge is -2.46. The lowest BCUT2D eigenvalue weighted by atomic mass is 9.77. The molecule has 0 bridgehead atoms. The third-order valence-corrected chi connectivity index (χ3v) is 7.46. The van der Waals surface area contributed by atoms with Crippen molar-refractivity contribution in [3.8, 4) is 0 Å². The van der Waals surface area contributed by atoms with E-state index in [1.165, 1.54) is 31.3 Å². The van der Waals surface area contributed by atoms with Crippen molar-refractivity contribution < 1.29 is 22.8 Å². The maximum absolute atomic E-state index is 14.7. The maximum Gasteiger partial charge on any atom is 0.365 e. The second-order valence-corrected chi connectivity index (χ2v) is 8.93. The predicted octanol–water partition coefficient (Wildman–Crippen LogP) is 4.19. The van der Waals surface area contributed by atoms with Crippen LogP contribution in [0.2, 0.25) is 0 Å². The monoisotopic (exact) mass is 464 g/mol. The molecule has 1 aliphatic heterocycles. The zero-order chi connectivity index (χ0) is 23.0. The van der Waals surface area contributed by atoms with Gasteiger partial charge in [0.15, 0.2) is 0 Å². The van der Waals surface area contributed by atoms with E-state index in [2.05, 4.69) is 5.10 Å². The number of hydrogen-bond acceptors (Lipinski definition) is 5. The van der Waals surface area contributed by atoms with Gasteiger partial charge in [-0.3, -0.25) is 4.84 Å². The van der Waals surface area contributed by atoms with E-state index in [1.54, 1.807) is 6.07 Å². The van der Waals surface area contributed by atoms with Gasteiger partial charge in [0.25, 0.3) is 0 Å². The third-order valence-electron chi connectivity index (χ3n) is 5.93. The number of hydroxylamine groups is 2. The molecule has 0 fully saturated rings. The number of carbonyl (C=O) groups is 1. The van der Waals surface area contributed by atoms with Crippen LogP contribution in [0.4, 0.5) is 18.0 Å². The highest BCUT2D eigenvalue weighted by molar-refractivity contribution is 8.15. The molecule has 1 spiro atoms. The predicted molar refractivity (Wildman–Crippen MR) is 116 cm³/mol. The Morgan fingerprint density at radius 1 is 1.28 bits per heavy atom. The van der Waals surface area contributed by atoms with Crippen LogP contribution in [0.5, 0.6) is 0 Å². The van der Waals surface area contributed by atoms with Gasteiger partial charge in [-0.25, -0.2) is 23.0 Å². The SMILES string of the molecule is CON(C)C(=O)N1N=C(c2cc(F)ccc2F)S[C@]12c1cc(F)ccc1CC[C@H]2CCN. The number of rotatable bonds is 4. The molecule has 2 atom stereocenters. The molecular weight excluding hydrogens is 441 g/mol. The highest BCUT2D eigenvalue weighted by Crippen LogP contribution is 2.57. The van der Waals surface area contributed by atoms with Crippen LogP contribution in [0.15, 0.2) is 41.5 Å². The fraction of sp³-hybridized carbons (Fsp3) is 0.364. The zero-order valence-electron chi connectivity index (χ0n) is 17.6. The molecule has 1 aliphatic carbocycles. The summed E-state index contributed by atoms with van der Waals surface area (Å²) in [6, 6.07) is 6.89. The summed E-state index contributed by atoms with van der Waals surface area (Å²) < 4.78 is 43.0. The summed E-state index contributed by atoms with van der Waals surface area (Å²) in [6.45, 7) is 0.337. The Morgan fingerprint density at radius 2 is 2.00 bits per heavy atom. The van der Waals surface area contributed by atoms with E-state index in [0.29, 0.717) is 31.4 Å². The zero-order valence-corrected chi connectivity index (χ0v) is 18.5. The second kappa shape index (κ2) is 8.76. The van der Waals surface area contributed by atoms with Gasteiger partial charge in [0.1, 0.15) is 27.4 Å². The molecule has 0 aromatic heterocycles. The number of benzene rings is 2. The summed E-state index contributed by atoms with van der Waals surface area (Å²) in [5, 5.41) is 6.76. The maximum atomic E-state index is 14.7. The van der Waals surface area contributed by atoms with Crippen LogP contribution in [0.25, 0.3) is 0 Å². The van der Waals surface area contributed by atoms with E-state index < -0.39 is 28.4 Å². The van der Waals surface area contributed by atoms with E-state index in [-0.39, 0.29) is 16.5 Å². The van der Waals surface area contributed by atoms with E-state index in [1.807, 2.05) is 0 Å². The summed E-state index contributed by atoms with van der Waals surface area (Å²) in [5.74, 6) is -1.98. The third kappa shape index (κ3) is 3.66. The Balaban J connectivity index is 1.94. The van der Waals surface area contributed by atoms with Crippen molar-refractivity contribution in [3.63, 3.8) is 0 Å². The summed E-state index contributed by atoms with van der Waals surface area (Å²) in [5.41, 5.74) is 7.25. The standard InChI is InChI=1S/C22H23F3N4O2S/c1-28(31-2)21(30)29-22(32-20(27-29)17-11-15(23)7-8-19(17)25)14(9-10-26)5-3-13-4-6-16(24)12-18(13)22/h4,6-8,11-12,14H,3,5,9-10,26H2,1-2H3/t14-,22+/m0/s1. The molecule has 2 aliphatic rings. The van der Waals surface area contributed by atoms with E-state index in [9.17, 15) is 18.0 Å². The molecule has 0 radical (unpaired) electrons. The Morgan fingerprint density at radius 3 is 2.72 bits per heavy atom. The van der Waals surface area contributed by atoms with Crippen molar-refractivity contribution >= 4 is 22.8 Å². The minimum absolute atomic E-state index is 0.0697. The molecule has 170 valence electrons. The average Bonchev–Trinajstić information content (AvgIpc) is 3.17. The Kier molecular flexibility index (Phi) is 6.19. The minimum atomic E-state index is -1.19. The lowest BCUT2D eigenvalue weighted by Crippen LogP contribution is -2.53. The van der Waals surface area contributed by atoms with Gasteiger partial charge in [-0.15, -0.1) is 0 Å². The molecule has 32 heavy (non-hydrogen) atoms. The first kappa shape index (κ1) is 22.6. The number of urea groups is 1. The van der Waals surface area contributed by atoms with Crippen molar-refractivity contribution in [1.82, 2.24) is 10.1 Å². The quantitative estimate of drug-likeness (QED) is 0.689. The molecule has 2 N–H and O–H groups in total. The number of carbonyl (C=O) groups excluding carboxylic acids is 1. The van der Waals surface area contributed by atoms with Gasteiger partial charge < -0.3 is 5.73 Å². The molecule has 0 saturated heterocycles. The number of amides is 2. The van der Waals surface area contributed by atoms with Gasteiger partial charge in [-0.05, 0) is 73.2 Å². The van der Waals surface area contributed by atoms with Crippen LogP contribution >= 0.6 is 11.8 Å². The van der Waals surface area contributed by atoms with Crippen molar-refractivity contribution in [3.05, 3.63) is 70.5 Å². The number of nitrogens with two attached hydrogens (primary N) is 1. The summed E-state index contributed by atoms with van der Waals surface area (Å²) in [6.07, 6.45) is 1.87. The first-order valence-corrected chi connectivity index (χ1v) is 11.0. The van der Waals surface area contributed by atoms with Crippen LogP contribution in [0, 0.1) is 23.4 Å². The molecule has 1 heterocycles. The second-order valence-electron chi connectivity index (χ2n) is 7.72. The topological polar surface area (TPSA) is 71.2 Å².